The van der Waals surface area contributed by atoms with Crippen molar-refractivity contribution >= 4 is 11.7 Å². The summed E-state index contributed by atoms with van der Waals surface area (Å²) in [6, 6.07) is 8.28. The third-order valence-corrected chi connectivity index (χ3v) is 4.88. The van der Waals surface area contributed by atoms with Crippen LogP contribution in [0.5, 0.6) is 5.75 Å². The molecule has 3 rings (SSSR count). The number of Topliss-reactive ketones (excluding diaryl/α,β-unsaturated/α-hetero) is 1. The molecule has 5 heteroatoms. The van der Waals surface area contributed by atoms with E-state index in [-0.39, 0.29) is 17.8 Å². The van der Waals surface area contributed by atoms with Gasteiger partial charge in [0, 0.05) is 28.5 Å². The summed E-state index contributed by atoms with van der Waals surface area (Å²) in [6.07, 6.45) is 0.434. The lowest BCUT2D eigenvalue weighted by Crippen LogP contribution is -2.40. The summed E-state index contributed by atoms with van der Waals surface area (Å²) in [4.78, 5) is 23.9. The van der Waals surface area contributed by atoms with Gasteiger partial charge in [0.2, 0.25) is 5.91 Å². The fourth-order valence-corrected chi connectivity index (χ4v) is 3.33. The lowest BCUT2D eigenvalue weighted by atomic mass is 9.95. The van der Waals surface area contributed by atoms with E-state index in [4.69, 9.17) is 4.74 Å². The minimum absolute atomic E-state index is 0.0383. The molecule has 2 aromatic carbocycles. The third kappa shape index (κ3) is 4.08. The largest absolute Gasteiger partial charge is 0.487 e. The highest BCUT2D eigenvalue weighted by Crippen LogP contribution is 2.41. The molecule has 0 spiro atoms. The van der Waals surface area contributed by atoms with Gasteiger partial charge >= 0.3 is 0 Å². The van der Waals surface area contributed by atoms with E-state index in [9.17, 15) is 14.0 Å². The Morgan fingerprint density at radius 2 is 1.89 bits per heavy atom. The molecule has 0 fully saturated rings. The monoisotopic (exact) mass is 383 g/mol. The van der Waals surface area contributed by atoms with E-state index in [2.05, 4.69) is 5.32 Å². The third-order valence-electron chi connectivity index (χ3n) is 4.88. The Kier molecular flexibility index (Phi) is 5.28. The number of nitrogens with one attached hydrogen (secondary N) is 1. The van der Waals surface area contributed by atoms with Crippen LogP contribution in [-0.2, 0) is 11.2 Å². The van der Waals surface area contributed by atoms with Gasteiger partial charge in [-0.05, 0) is 49.2 Å². The van der Waals surface area contributed by atoms with Crippen molar-refractivity contribution in [3.8, 4) is 16.9 Å². The second kappa shape index (κ2) is 7.38. The average molecular weight is 383 g/mol. The Hall–Kier alpha value is -2.69. The van der Waals surface area contributed by atoms with Gasteiger partial charge in [0.05, 0.1) is 6.54 Å². The van der Waals surface area contributed by atoms with Crippen LogP contribution < -0.4 is 10.1 Å². The quantitative estimate of drug-likeness (QED) is 0.793. The van der Waals surface area contributed by atoms with Crippen LogP contribution in [0.25, 0.3) is 11.1 Å². The number of carbonyl (C=O) groups excluding carboxylic acids is 2. The normalized spacial score (nSPS) is 15.7. The summed E-state index contributed by atoms with van der Waals surface area (Å²) in [5, 5.41) is 2.93. The molecule has 1 aliphatic rings. The van der Waals surface area contributed by atoms with Crippen molar-refractivity contribution in [2.24, 2.45) is 5.41 Å². The number of fused-ring (bicyclic) bond motifs is 1. The minimum Gasteiger partial charge on any atom is -0.487 e. The lowest BCUT2D eigenvalue weighted by Gasteiger charge is -2.20. The van der Waals surface area contributed by atoms with Crippen LogP contribution >= 0.6 is 0 Å². The standard InChI is InChI=1S/C23H26FNO3/c1-13-8-16-10-17(12-25-22(27)23(3,4)5)28-21(16)19(9-13)18-11-15(14(2)26)6-7-20(18)24/h6-9,11,17H,10,12H2,1-5H3,(H,25,27)/t17-/m0/s1. The molecular weight excluding hydrogens is 357 g/mol. The zero-order valence-corrected chi connectivity index (χ0v) is 17.0. The van der Waals surface area contributed by atoms with E-state index in [0.29, 0.717) is 35.4 Å². The SMILES string of the molecule is CC(=O)c1ccc(F)c(-c2cc(C)cc3c2O[C@H](CNC(=O)C(C)(C)C)C3)c1. The molecule has 1 aliphatic heterocycles. The van der Waals surface area contributed by atoms with Crippen molar-refractivity contribution in [3.63, 3.8) is 0 Å². The molecular formula is C23H26FNO3. The van der Waals surface area contributed by atoms with Gasteiger partial charge in [-0.3, -0.25) is 9.59 Å². The van der Waals surface area contributed by atoms with Gasteiger partial charge in [-0.2, -0.15) is 0 Å². The first-order valence-corrected chi connectivity index (χ1v) is 9.45. The van der Waals surface area contributed by atoms with E-state index < -0.39 is 11.2 Å². The first kappa shape index (κ1) is 20.1. The minimum atomic E-state index is -0.469. The van der Waals surface area contributed by atoms with E-state index in [0.717, 1.165) is 11.1 Å². The number of hydrogen-bond acceptors (Lipinski definition) is 3. The Balaban J connectivity index is 1.90. The van der Waals surface area contributed by atoms with Crippen LogP contribution in [0.4, 0.5) is 4.39 Å². The molecule has 1 heterocycles. The number of benzene rings is 2. The predicted octanol–water partition coefficient (Wildman–Crippen LogP) is 4.47. The first-order chi connectivity index (χ1) is 13.1. The van der Waals surface area contributed by atoms with E-state index in [1.807, 2.05) is 39.8 Å². The molecule has 0 radical (unpaired) electrons. The predicted molar refractivity (Wildman–Crippen MR) is 107 cm³/mol. The lowest BCUT2D eigenvalue weighted by molar-refractivity contribution is -0.128. The van der Waals surface area contributed by atoms with Crippen LogP contribution in [0.1, 0.15) is 49.2 Å². The maximum atomic E-state index is 14.6. The van der Waals surface area contributed by atoms with Crippen LogP contribution in [0.2, 0.25) is 0 Å². The summed E-state index contributed by atoms with van der Waals surface area (Å²) in [5.41, 5.74) is 2.96. The van der Waals surface area contributed by atoms with E-state index in [1.165, 1.54) is 19.1 Å². The Labute approximate surface area is 165 Å². The number of carbonyl (C=O) groups is 2. The second-order valence-electron chi connectivity index (χ2n) is 8.46. The topological polar surface area (TPSA) is 55.4 Å². The average Bonchev–Trinajstić information content (AvgIpc) is 3.01. The van der Waals surface area contributed by atoms with Crippen molar-refractivity contribution in [2.75, 3.05) is 6.54 Å². The summed E-state index contributed by atoms with van der Waals surface area (Å²) >= 11 is 0. The molecule has 0 aliphatic carbocycles. The molecule has 2 aromatic rings. The molecule has 0 unspecified atom stereocenters. The van der Waals surface area contributed by atoms with Crippen molar-refractivity contribution in [2.45, 2.75) is 47.1 Å². The molecule has 0 bridgehead atoms. The second-order valence-corrected chi connectivity index (χ2v) is 8.46. The number of halogens is 1. The Bertz CT molecular complexity index is 944. The summed E-state index contributed by atoms with van der Waals surface area (Å²) in [6.45, 7) is 9.38. The first-order valence-electron chi connectivity index (χ1n) is 9.45. The zero-order valence-electron chi connectivity index (χ0n) is 17.0. The van der Waals surface area contributed by atoms with Gasteiger partial charge in [-0.1, -0.05) is 26.8 Å². The molecule has 0 saturated heterocycles. The van der Waals surface area contributed by atoms with Crippen LogP contribution in [0, 0.1) is 18.2 Å². The van der Waals surface area contributed by atoms with Crippen LogP contribution in [0.15, 0.2) is 30.3 Å². The highest BCUT2D eigenvalue weighted by Gasteiger charge is 2.29. The van der Waals surface area contributed by atoms with E-state index >= 15 is 0 Å². The van der Waals surface area contributed by atoms with Crippen molar-refractivity contribution in [1.82, 2.24) is 5.32 Å². The van der Waals surface area contributed by atoms with Gasteiger partial charge < -0.3 is 10.1 Å². The van der Waals surface area contributed by atoms with E-state index in [1.54, 1.807) is 6.07 Å². The molecule has 1 amide bonds. The van der Waals surface area contributed by atoms with Gasteiger partial charge in [0.1, 0.15) is 17.7 Å². The molecule has 28 heavy (non-hydrogen) atoms. The summed E-state index contributed by atoms with van der Waals surface area (Å²) in [7, 11) is 0. The highest BCUT2D eigenvalue weighted by molar-refractivity contribution is 5.95. The van der Waals surface area contributed by atoms with Crippen molar-refractivity contribution < 1.29 is 18.7 Å². The molecule has 148 valence electrons. The van der Waals surface area contributed by atoms with Gasteiger partial charge in [0.15, 0.2) is 5.78 Å². The van der Waals surface area contributed by atoms with Crippen molar-refractivity contribution in [1.29, 1.82) is 0 Å². The summed E-state index contributed by atoms with van der Waals surface area (Å²) in [5.74, 6) is 0.0731. The number of hydrogen-bond donors (Lipinski definition) is 1. The smallest absolute Gasteiger partial charge is 0.225 e. The Morgan fingerprint density at radius 3 is 2.54 bits per heavy atom. The number of aryl methyl sites for hydroxylation is 1. The molecule has 4 nitrogen and oxygen atoms in total. The van der Waals surface area contributed by atoms with Gasteiger partial charge in [-0.15, -0.1) is 0 Å². The maximum absolute atomic E-state index is 14.6. The number of ether oxygens (including phenoxy) is 1. The molecule has 1 N–H and O–H groups in total. The Morgan fingerprint density at radius 1 is 1.18 bits per heavy atom. The van der Waals surface area contributed by atoms with Crippen molar-refractivity contribution in [3.05, 3.63) is 52.8 Å². The zero-order chi connectivity index (χ0) is 20.6. The number of ketones is 1. The maximum Gasteiger partial charge on any atom is 0.225 e. The number of rotatable bonds is 4. The van der Waals surface area contributed by atoms with Gasteiger partial charge in [-0.25, -0.2) is 4.39 Å². The van der Waals surface area contributed by atoms with Crippen LogP contribution in [0.3, 0.4) is 0 Å². The number of amides is 1. The fourth-order valence-electron chi connectivity index (χ4n) is 3.33. The molecule has 0 aromatic heterocycles. The molecule has 1 atom stereocenters. The summed E-state index contributed by atoms with van der Waals surface area (Å²) < 4.78 is 20.7. The van der Waals surface area contributed by atoms with Crippen LogP contribution in [-0.4, -0.2) is 24.3 Å². The highest BCUT2D eigenvalue weighted by atomic mass is 19.1. The molecule has 0 saturated carbocycles. The fraction of sp³-hybridized carbons (Fsp3) is 0.391. The van der Waals surface area contributed by atoms with Gasteiger partial charge in [0.25, 0.3) is 0 Å².